The number of aliphatic carboxylic acids is 1. The van der Waals surface area contributed by atoms with Crippen LogP contribution in [0.5, 0.6) is 0 Å². The quantitative estimate of drug-likeness (QED) is 0.451. The lowest BCUT2D eigenvalue weighted by molar-refractivity contribution is -0.149. The fraction of sp³-hybridized carbons (Fsp3) is 0.765. The van der Waals surface area contributed by atoms with Crippen LogP contribution in [0.15, 0.2) is 0 Å². The monoisotopic (exact) mass is 370 g/mol. The Kier molecular flexibility index (Phi) is 8.01. The Hall–Kier alpha value is -2.16. The van der Waals surface area contributed by atoms with Crippen molar-refractivity contribution in [3.63, 3.8) is 0 Å². The molecule has 0 radical (unpaired) electrons. The van der Waals surface area contributed by atoms with E-state index in [1.807, 2.05) is 13.8 Å². The van der Waals surface area contributed by atoms with Gasteiger partial charge in [-0.05, 0) is 39.0 Å². The molecule has 0 aromatic heterocycles. The molecule has 3 amide bonds. The Morgan fingerprint density at radius 3 is 2.23 bits per heavy atom. The predicted octanol–water partition coefficient (Wildman–Crippen LogP) is -0.555. The summed E-state index contributed by atoms with van der Waals surface area (Å²) in [6.07, 6.45) is 1.42. The van der Waals surface area contributed by atoms with E-state index in [0.29, 0.717) is 25.8 Å². The molecule has 0 aromatic rings. The van der Waals surface area contributed by atoms with E-state index in [-0.39, 0.29) is 5.92 Å². The Labute approximate surface area is 153 Å². The zero-order valence-electron chi connectivity index (χ0n) is 15.8. The summed E-state index contributed by atoms with van der Waals surface area (Å²) in [4.78, 5) is 49.4. The van der Waals surface area contributed by atoms with E-state index in [4.69, 9.17) is 5.73 Å². The maximum Gasteiger partial charge on any atom is 0.326 e. The van der Waals surface area contributed by atoms with Crippen molar-refractivity contribution in [3.8, 4) is 0 Å². The van der Waals surface area contributed by atoms with Gasteiger partial charge in [0.05, 0.1) is 6.04 Å². The van der Waals surface area contributed by atoms with Crippen LogP contribution in [0, 0.1) is 5.92 Å². The summed E-state index contributed by atoms with van der Waals surface area (Å²) in [7, 11) is 0. The minimum Gasteiger partial charge on any atom is -0.480 e. The van der Waals surface area contributed by atoms with Gasteiger partial charge in [-0.1, -0.05) is 13.8 Å². The minimum absolute atomic E-state index is 0.139. The number of carboxylic acids is 1. The minimum atomic E-state index is -1.05. The number of hydrogen-bond donors (Lipinski definition) is 4. The summed E-state index contributed by atoms with van der Waals surface area (Å²) in [6, 6.07) is -3.30. The standard InChI is InChI=1S/C17H30N4O5/c1-9(2)8-12(20-14(22)10(3)18)15(23)19-11(4)16(24)21-7-5-6-13(21)17(25)26/h9-13H,5-8,18H2,1-4H3,(H,19,23)(H,20,22)(H,25,26)/t10-,11-,12-,13-/m0/s1. The number of nitrogens with two attached hydrogens (primary N) is 1. The largest absolute Gasteiger partial charge is 0.480 e. The van der Waals surface area contributed by atoms with Crippen molar-refractivity contribution in [2.75, 3.05) is 6.54 Å². The smallest absolute Gasteiger partial charge is 0.326 e. The number of hydrogen-bond acceptors (Lipinski definition) is 5. The van der Waals surface area contributed by atoms with Crippen LogP contribution in [0.3, 0.4) is 0 Å². The van der Waals surface area contributed by atoms with Gasteiger partial charge >= 0.3 is 5.97 Å². The van der Waals surface area contributed by atoms with Crippen molar-refractivity contribution >= 4 is 23.7 Å². The van der Waals surface area contributed by atoms with E-state index in [0.717, 1.165) is 0 Å². The molecule has 1 rings (SSSR count). The number of rotatable bonds is 8. The van der Waals surface area contributed by atoms with Crippen LogP contribution >= 0.6 is 0 Å². The van der Waals surface area contributed by atoms with Crippen molar-refractivity contribution in [2.45, 2.75) is 71.1 Å². The van der Waals surface area contributed by atoms with Crippen molar-refractivity contribution < 1.29 is 24.3 Å². The van der Waals surface area contributed by atoms with Crippen molar-refractivity contribution in [2.24, 2.45) is 11.7 Å². The Balaban J connectivity index is 2.75. The normalized spacial score (nSPS) is 20.4. The molecule has 26 heavy (non-hydrogen) atoms. The third-order valence-electron chi connectivity index (χ3n) is 4.30. The van der Waals surface area contributed by atoms with Gasteiger partial charge in [0.1, 0.15) is 18.1 Å². The Bertz CT molecular complexity index is 549. The molecule has 9 nitrogen and oxygen atoms in total. The first-order chi connectivity index (χ1) is 12.0. The number of carbonyl (C=O) groups is 4. The Morgan fingerprint density at radius 1 is 1.12 bits per heavy atom. The third kappa shape index (κ3) is 5.98. The van der Waals surface area contributed by atoms with Gasteiger partial charge in [0, 0.05) is 6.54 Å². The molecule has 0 unspecified atom stereocenters. The molecule has 1 aliphatic heterocycles. The molecular weight excluding hydrogens is 340 g/mol. The second kappa shape index (κ2) is 9.51. The van der Waals surface area contributed by atoms with Crippen LogP contribution in [0.2, 0.25) is 0 Å². The fourth-order valence-corrected chi connectivity index (χ4v) is 2.92. The number of nitrogens with one attached hydrogen (secondary N) is 2. The SMILES string of the molecule is CC(C)C[C@H](NC(=O)[C@H](C)N)C(=O)N[C@@H](C)C(=O)N1CCC[C@H]1C(=O)O. The highest BCUT2D eigenvalue weighted by atomic mass is 16.4. The van der Waals surface area contributed by atoms with Gasteiger partial charge in [-0.2, -0.15) is 0 Å². The molecule has 0 spiro atoms. The average Bonchev–Trinajstić information content (AvgIpc) is 3.02. The predicted molar refractivity (Wildman–Crippen MR) is 95.0 cm³/mol. The summed E-state index contributed by atoms with van der Waals surface area (Å²) < 4.78 is 0. The molecule has 0 saturated carbocycles. The molecule has 1 aliphatic rings. The van der Waals surface area contributed by atoms with Gasteiger partial charge in [0.25, 0.3) is 0 Å². The Morgan fingerprint density at radius 2 is 1.73 bits per heavy atom. The maximum absolute atomic E-state index is 12.5. The lowest BCUT2D eigenvalue weighted by Crippen LogP contribution is -2.56. The van der Waals surface area contributed by atoms with Crippen LogP contribution in [0.1, 0.15) is 47.0 Å². The number of amides is 3. The summed E-state index contributed by atoms with van der Waals surface area (Å²) in [5.41, 5.74) is 5.53. The van der Waals surface area contributed by atoms with Gasteiger partial charge in [0.15, 0.2) is 0 Å². The molecule has 1 saturated heterocycles. The van der Waals surface area contributed by atoms with E-state index >= 15 is 0 Å². The maximum atomic E-state index is 12.5. The number of nitrogens with zero attached hydrogens (tertiary/aromatic N) is 1. The van der Waals surface area contributed by atoms with Crippen LogP contribution in [-0.2, 0) is 19.2 Å². The molecule has 0 aromatic carbocycles. The first kappa shape index (κ1) is 21.9. The van der Waals surface area contributed by atoms with Crippen LogP contribution < -0.4 is 16.4 Å². The molecule has 1 heterocycles. The van der Waals surface area contributed by atoms with Crippen molar-refractivity contribution in [1.82, 2.24) is 15.5 Å². The van der Waals surface area contributed by atoms with Gasteiger partial charge in [-0.15, -0.1) is 0 Å². The molecule has 4 atom stereocenters. The number of carbonyl (C=O) groups excluding carboxylic acids is 3. The zero-order chi connectivity index (χ0) is 20.0. The number of likely N-dealkylation sites (tertiary alicyclic amines) is 1. The molecule has 148 valence electrons. The van der Waals surface area contributed by atoms with E-state index in [2.05, 4.69) is 10.6 Å². The van der Waals surface area contributed by atoms with Gasteiger partial charge < -0.3 is 26.4 Å². The molecule has 5 N–H and O–H groups in total. The molecule has 9 heteroatoms. The van der Waals surface area contributed by atoms with Gasteiger partial charge in [-0.3, -0.25) is 14.4 Å². The summed E-state index contributed by atoms with van der Waals surface area (Å²) in [5.74, 6) is -2.28. The lowest BCUT2D eigenvalue weighted by Gasteiger charge is -2.27. The number of carboxylic acid groups (broad SMARTS) is 1. The topological polar surface area (TPSA) is 142 Å². The molecular formula is C17H30N4O5. The average molecular weight is 370 g/mol. The van der Waals surface area contributed by atoms with Gasteiger partial charge in [0.2, 0.25) is 17.7 Å². The zero-order valence-corrected chi connectivity index (χ0v) is 15.8. The van der Waals surface area contributed by atoms with E-state index in [1.165, 1.54) is 18.7 Å². The van der Waals surface area contributed by atoms with Crippen LogP contribution in [-0.4, -0.2) is 64.4 Å². The van der Waals surface area contributed by atoms with Crippen molar-refractivity contribution in [3.05, 3.63) is 0 Å². The molecule has 0 bridgehead atoms. The highest BCUT2D eigenvalue weighted by Crippen LogP contribution is 2.18. The molecule has 1 fully saturated rings. The lowest BCUT2D eigenvalue weighted by atomic mass is 10.0. The fourth-order valence-electron chi connectivity index (χ4n) is 2.92. The van der Waals surface area contributed by atoms with E-state index < -0.39 is 47.9 Å². The van der Waals surface area contributed by atoms with Crippen molar-refractivity contribution in [1.29, 1.82) is 0 Å². The summed E-state index contributed by atoms with van der Waals surface area (Å²) in [6.45, 7) is 7.21. The highest BCUT2D eigenvalue weighted by molar-refractivity contribution is 5.94. The highest BCUT2D eigenvalue weighted by Gasteiger charge is 2.36. The molecule has 0 aliphatic carbocycles. The first-order valence-corrected chi connectivity index (χ1v) is 8.94. The second-order valence-corrected chi connectivity index (χ2v) is 7.24. The van der Waals surface area contributed by atoms with Crippen LogP contribution in [0.4, 0.5) is 0 Å². The van der Waals surface area contributed by atoms with Crippen LogP contribution in [0.25, 0.3) is 0 Å². The summed E-state index contributed by atoms with van der Waals surface area (Å²) >= 11 is 0. The third-order valence-corrected chi connectivity index (χ3v) is 4.30. The summed E-state index contributed by atoms with van der Waals surface area (Å²) in [5, 5.41) is 14.4. The second-order valence-electron chi connectivity index (χ2n) is 7.24. The van der Waals surface area contributed by atoms with E-state index in [1.54, 1.807) is 0 Å². The first-order valence-electron chi connectivity index (χ1n) is 8.94. The van der Waals surface area contributed by atoms with Gasteiger partial charge in [-0.25, -0.2) is 4.79 Å². The van der Waals surface area contributed by atoms with E-state index in [9.17, 15) is 24.3 Å².